The van der Waals surface area contributed by atoms with Crippen LogP contribution < -0.4 is 10.6 Å². The first-order valence-corrected chi connectivity index (χ1v) is 6.87. The molecule has 1 aliphatic heterocycles. The minimum atomic E-state index is 0.116. The van der Waals surface area contributed by atoms with E-state index in [0.717, 1.165) is 29.9 Å². The number of fused-ring (bicyclic) bond motifs is 1. The summed E-state index contributed by atoms with van der Waals surface area (Å²) in [6, 6.07) is 11.7. The van der Waals surface area contributed by atoms with E-state index >= 15 is 0 Å². The maximum absolute atomic E-state index is 12.4. The van der Waals surface area contributed by atoms with Crippen LogP contribution in [0.3, 0.4) is 0 Å². The fourth-order valence-electron chi connectivity index (χ4n) is 2.67. The van der Waals surface area contributed by atoms with Gasteiger partial charge in [-0.1, -0.05) is 25.1 Å². The zero-order valence-corrected chi connectivity index (χ0v) is 11.5. The summed E-state index contributed by atoms with van der Waals surface area (Å²) in [6.07, 6.45) is 2.08. The number of nitrogens with two attached hydrogens (primary N) is 1. The van der Waals surface area contributed by atoms with Gasteiger partial charge in [0, 0.05) is 6.42 Å². The van der Waals surface area contributed by atoms with Crippen LogP contribution in [0, 0.1) is 0 Å². The first-order chi connectivity index (χ1) is 9.70. The average molecular weight is 267 g/mol. The summed E-state index contributed by atoms with van der Waals surface area (Å²) in [6.45, 7) is 2.02. The highest BCUT2D eigenvalue weighted by Gasteiger charge is 2.26. The minimum Gasteiger partial charge on any atom is -0.384 e. The summed E-state index contributed by atoms with van der Waals surface area (Å²) in [7, 11) is 0. The number of nitrogen functional groups attached to an aromatic ring is 1. The zero-order valence-electron chi connectivity index (χ0n) is 11.5. The normalized spacial score (nSPS) is 14.2. The molecule has 4 heteroatoms. The fraction of sp³-hybridized carbons (Fsp3) is 0.250. The Hall–Kier alpha value is -2.36. The van der Waals surface area contributed by atoms with Crippen molar-refractivity contribution < 1.29 is 4.79 Å². The third-order valence-corrected chi connectivity index (χ3v) is 3.64. The number of anilines is 3. The van der Waals surface area contributed by atoms with Crippen LogP contribution in [-0.2, 0) is 17.6 Å². The molecule has 2 heterocycles. The van der Waals surface area contributed by atoms with Gasteiger partial charge in [0.2, 0.25) is 5.91 Å². The molecule has 0 aliphatic carbocycles. The molecule has 2 N–H and O–H groups in total. The van der Waals surface area contributed by atoms with E-state index in [9.17, 15) is 4.79 Å². The lowest BCUT2D eigenvalue weighted by molar-refractivity contribution is -0.118. The van der Waals surface area contributed by atoms with Gasteiger partial charge in [-0.05, 0) is 36.6 Å². The van der Waals surface area contributed by atoms with Crippen LogP contribution >= 0.6 is 0 Å². The van der Waals surface area contributed by atoms with Gasteiger partial charge in [-0.3, -0.25) is 9.69 Å². The molecule has 1 aromatic carbocycles. The van der Waals surface area contributed by atoms with Gasteiger partial charge < -0.3 is 5.73 Å². The Bertz CT molecular complexity index is 667. The summed E-state index contributed by atoms with van der Waals surface area (Å²) in [4.78, 5) is 18.5. The van der Waals surface area contributed by atoms with E-state index in [-0.39, 0.29) is 5.91 Å². The number of aromatic nitrogens is 1. The van der Waals surface area contributed by atoms with Crippen molar-refractivity contribution >= 4 is 23.1 Å². The molecular weight excluding hydrogens is 250 g/mol. The van der Waals surface area contributed by atoms with Crippen molar-refractivity contribution in [2.75, 3.05) is 10.6 Å². The number of amides is 1. The van der Waals surface area contributed by atoms with Crippen molar-refractivity contribution in [3.05, 3.63) is 47.7 Å². The highest BCUT2D eigenvalue weighted by molar-refractivity contribution is 6.03. The zero-order chi connectivity index (χ0) is 14.1. The molecule has 0 atom stereocenters. The van der Waals surface area contributed by atoms with Crippen molar-refractivity contribution in [2.45, 2.75) is 26.2 Å². The number of hydrogen-bond donors (Lipinski definition) is 1. The largest absolute Gasteiger partial charge is 0.384 e. The molecule has 0 bridgehead atoms. The van der Waals surface area contributed by atoms with Gasteiger partial charge in [0.15, 0.2) is 0 Å². The lowest BCUT2D eigenvalue weighted by Crippen LogP contribution is -2.31. The van der Waals surface area contributed by atoms with Gasteiger partial charge in [0.25, 0.3) is 0 Å². The standard InChI is InChI=1S/C16H17N3O/c1-2-12-14(8-9-15(17)18-12)19-13-6-4-3-5-11(13)7-10-16(19)20/h3-6,8-9H,2,7,10H2,1H3,(H2,17,18). The second-order valence-electron chi connectivity index (χ2n) is 4.91. The van der Waals surface area contributed by atoms with E-state index in [1.54, 1.807) is 11.0 Å². The van der Waals surface area contributed by atoms with Crippen LogP contribution in [0.1, 0.15) is 24.6 Å². The lowest BCUT2D eigenvalue weighted by atomic mass is 10.00. The molecule has 1 aromatic heterocycles. The molecule has 0 radical (unpaired) electrons. The first kappa shape index (κ1) is 12.7. The third kappa shape index (κ3) is 2.03. The number of rotatable bonds is 2. The van der Waals surface area contributed by atoms with Crippen molar-refractivity contribution in [2.24, 2.45) is 0 Å². The average Bonchev–Trinajstić information content (AvgIpc) is 2.48. The predicted molar refractivity (Wildman–Crippen MR) is 79.9 cm³/mol. The Morgan fingerprint density at radius 1 is 1.15 bits per heavy atom. The molecule has 0 saturated heterocycles. The molecule has 4 nitrogen and oxygen atoms in total. The van der Waals surface area contributed by atoms with E-state index in [1.165, 1.54) is 5.56 Å². The number of benzene rings is 1. The van der Waals surface area contributed by atoms with Gasteiger partial charge in [0.1, 0.15) is 5.82 Å². The minimum absolute atomic E-state index is 0.116. The van der Waals surface area contributed by atoms with Crippen molar-refractivity contribution in [3.63, 3.8) is 0 Å². The van der Waals surface area contributed by atoms with E-state index in [1.807, 2.05) is 31.2 Å². The van der Waals surface area contributed by atoms with Crippen molar-refractivity contribution in [1.29, 1.82) is 0 Å². The molecule has 20 heavy (non-hydrogen) atoms. The Labute approximate surface area is 118 Å². The third-order valence-electron chi connectivity index (χ3n) is 3.64. The quantitative estimate of drug-likeness (QED) is 0.910. The van der Waals surface area contributed by atoms with Gasteiger partial charge in [0.05, 0.1) is 17.1 Å². The second-order valence-corrected chi connectivity index (χ2v) is 4.91. The topological polar surface area (TPSA) is 59.2 Å². The smallest absolute Gasteiger partial charge is 0.231 e. The Kier molecular flexibility index (Phi) is 3.14. The van der Waals surface area contributed by atoms with Crippen LogP contribution in [-0.4, -0.2) is 10.9 Å². The summed E-state index contributed by atoms with van der Waals surface area (Å²) >= 11 is 0. The number of carbonyl (C=O) groups excluding carboxylic acids is 1. The molecule has 3 rings (SSSR count). The first-order valence-electron chi connectivity index (χ1n) is 6.87. The lowest BCUT2D eigenvalue weighted by Gasteiger charge is -2.30. The molecule has 0 unspecified atom stereocenters. The highest BCUT2D eigenvalue weighted by Crippen LogP contribution is 2.35. The van der Waals surface area contributed by atoms with Gasteiger partial charge in [-0.2, -0.15) is 0 Å². The number of nitrogens with zero attached hydrogens (tertiary/aromatic N) is 2. The van der Waals surface area contributed by atoms with E-state index in [0.29, 0.717) is 12.2 Å². The molecule has 102 valence electrons. The van der Waals surface area contributed by atoms with E-state index in [2.05, 4.69) is 11.1 Å². The molecule has 0 fully saturated rings. The van der Waals surface area contributed by atoms with E-state index < -0.39 is 0 Å². The van der Waals surface area contributed by atoms with Gasteiger partial charge in [-0.25, -0.2) is 4.98 Å². The van der Waals surface area contributed by atoms with Crippen LogP contribution in [0.5, 0.6) is 0 Å². The fourth-order valence-corrected chi connectivity index (χ4v) is 2.67. The van der Waals surface area contributed by atoms with Crippen molar-refractivity contribution in [3.8, 4) is 0 Å². The molecule has 1 amide bonds. The van der Waals surface area contributed by atoms with Crippen LogP contribution in [0.25, 0.3) is 0 Å². The maximum Gasteiger partial charge on any atom is 0.231 e. The van der Waals surface area contributed by atoms with Crippen LogP contribution in [0.15, 0.2) is 36.4 Å². The molecule has 0 saturated carbocycles. The van der Waals surface area contributed by atoms with Crippen molar-refractivity contribution in [1.82, 2.24) is 4.98 Å². The molecule has 0 spiro atoms. The number of para-hydroxylation sites is 1. The maximum atomic E-state index is 12.4. The Morgan fingerprint density at radius 3 is 2.75 bits per heavy atom. The molecular formula is C16H17N3O. The van der Waals surface area contributed by atoms with Gasteiger partial charge in [-0.15, -0.1) is 0 Å². The number of aryl methyl sites for hydroxylation is 2. The summed E-state index contributed by atoms with van der Waals surface area (Å²) < 4.78 is 0. The summed E-state index contributed by atoms with van der Waals surface area (Å²) in [5.41, 5.74) is 9.61. The van der Waals surface area contributed by atoms with Gasteiger partial charge >= 0.3 is 0 Å². The van der Waals surface area contributed by atoms with E-state index in [4.69, 9.17) is 5.73 Å². The molecule has 1 aliphatic rings. The van der Waals surface area contributed by atoms with Crippen LogP contribution in [0.2, 0.25) is 0 Å². The summed E-state index contributed by atoms with van der Waals surface area (Å²) in [5, 5.41) is 0. The predicted octanol–water partition coefficient (Wildman–Crippen LogP) is 2.84. The highest BCUT2D eigenvalue weighted by atomic mass is 16.2. The summed E-state index contributed by atoms with van der Waals surface area (Å²) in [5.74, 6) is 0.605. The monoisotopic (exact) mass is 267 g/mol. The number of pyridine rings is 1. The molecule has 2 aromatic rings. The second kappa shape index (κ2) is 4.96. The number of carbonyl (C=O) groups is 1. The SMILES string of the molecule is CCc1nc(N)ccc1N1C(=O)CCc2ccccc21. The number of hydrogen-bond acceptors (Lipinski definition) is 3. The Morgan fingerprint density at radius 2 is 1.95 bits per heavy atom. The van der Waals surface area contributed by atoms with Crippen LogP contribution in [0.4, 0.5) is 17.2 Å². The Balaban J connectivity index is 2.16.